The van der Waals surface area contributed by atoms with Crippen LogP contribution in [0.1, 0.15) is 57.4 Å². The molecule has 1 atom stereocenters. The van der Waals surface area contributed by atoms with Gasteiger partial charge in [0.05, 0.1) is 11.5 Å². The maximum absolute atomic E-state index is 13.0. The molecule has 0 fully saturated rings. The Morgan fingerprint density at radius 2 is 1.86 bits per heavy atom. The van der Waals surface area contributed by atoms with E-state index < -0.39 is 5.41 Å². The van der Waals surface area contributed by atoms with Crippen LogP contribution in [-0.2, 0) is 5.41 Å². The fourth-order valence-corrected chi connectivity index (χ4v) is 2.24. The van der Waals surface area contributed by atoms with Gasteiger partial charge in [-0.25, -0.2) is 4.39 Å². The third kappa shape index (κ3) is 3.47. The molecule has 0 aliphatic rings. The predicted octanol–water partition coefficient (Wildman–Crippen LogP) is 3.58. The highest BCUT2D eigenvalue weighted by Crippen LogP contribution is 2.30. The van der Waals surface area contributed by atoms with Gasteiger partial charge in [-0.2, -0.15) is 4.98 Å². The summed E-state index contributed by atoms with van der Waals surface area (Å²) in [6, 6.07) is 6.08. The molecule has 2 N–H and O–H groups in total. The van der Waals surface area contributed by atoms with Gasteiger partial charge in [0.1, 0.15) is 5.82 Å². The second-order valence-corrected chi connectivity index (χ2v) is 6.32. The predicted molar refractivity (Wildman–Crippen MR) is 79.2 cm³/mol. The molecule has 0 bridgehead atoms. The smallest absolute Gasteiger partial charge is 0.243 e. The summed E-state index contributed by atoms with van der Waals surface area (Å²) in [6.45, 7) is 8.14. The van der Waals surface area contributed by atoms with Crippen LogP contribution in [0, 0.1) is 11.7 Å². The molecule has 114 valence electrons. The molecule has 2 rings (SSSR count). The Hall–Kier alpha value is -1.75. The Bertz CT molecular complexity index is 590. The minimum Gasteiger partial charge on any atom is -0.338 e. The summed E-state index contributed by atoms with van der Waals surface area (Å²) in [7, 11) is 0. The molecular formula is C16H22FN3O. The van der Waals surface area contributed by atoms with Crippen LogP contribution in [0.2, 0.25) is 0 Å². The highest BCUT2D eigenvalue weighted by molar-refractivity contribution is 5.30. The summed E-state index contributed by atoms with van der Waals surface area (Å²) in [5.74, 6) is 1.21. The summed E-state index contributed by atoms with van der Waals surface area (Å²) < 4.78 is 18.3. The van der Waals surface area contributed by atoms with Gasteiger partial charge in [0.25, 0.3) is 0 Å². The van der Waals surface area contributed by atoms with Crippen molar-refractivity contribution in [1.82, 2.24) is 10.1 Å². The van der Waals surface area contributed by atoms with Crippen LogP contribution in [0.4, 0.5) is 4.39 Å². The van der Waals surface area contributed by atoms with Crippen molar-refractivity contribution >= 4 is 0 Å². The van der Waals surface area contributed by atoms with Gasteiger partial charge < -0.3 is 10.3 Å². The Labute approximate surface area is 124 Å². The first-order chi connectivity index (χ1) is 9.80. The lowest BCUT2D eigenvalue weighted by atomic mass is 9.84. The average molecular weight is 291 g/mol. The quantitative estimate of drug-likeness (QED) is 0.914. The summed E-state index contributed by atoms with van der Waals surface area (Å²) in [5.41, 5.74) is 6.52. The maximum atomic E-state index is 13.0. The Morgan fingerprint density at radius 3 is 2.43 bits per heavy atom. The van der Waals surface area contributed by atoms with E-state index >= 15 is 0 Å². The van der Waals surface area contributed by atoms with E-state index in [1.807, 2.05) is 13.8 Å². The van der Waals surface area contributed by atoms with Crippen molar-refractivity contribution in [2.24, 2.45) is 11.7 Å². The van der Waals surface area contributed by atoms with Crippen molar-refractivity contribution in [2.75, 3.05) is 0 Å². The monoisotopic (exact) mass is 291 g/mol. The van der Waals surface area contributed by atoms with E-state index in [1.54, 1.807) is 12.1 Å². The first-order valence-electron chi connectivity index (χ1n) is 7.16. The number of hydrogen-bond donors (Lipinski definition) is 1. The van der Waals surface area contributed by atoms with Crippen molar-refractivity contribution in [3.63, 3.8) is 0 Å². The molecule has 0 spiro atoms. The van der Waals surface area contributed by atoms with E-state index in [2.05, 4.69) is 24.0 Å². The lowest BCUT2D eigenvalue weighted by Gasteiger charge is -2.20. The first-order valence-corrected chi connectivity index (χ1v) is 7.16. The van der Waals surface area contributed by atoms with Crippen LogP contribution >= 0.6 is 0 Å². The second kappa shape index (κ2) is 5.93. The lowest BCUT2D eigenvalue weighted by molar-refractivity contribution is 0.329. The molecular weight excluding hydrogens is 269 g/mol. The van der Waals surface area contributed by atoms with Gasteiger partial charge in [-0.05, 0) is 43.9 Å². The van der Waals surface area contributed by atoms with E-state index in [0.29, 0.717) is 17.6 Å². The van der Waals surface area contributed by atoms with Crippen molar-refractivity contribution in [3.8, 4) is 0 Å². The van der Waals surface area contributed by atoms with Crippen LogP contribution in [0.15, 0.2) is 28.8 Å². The van der Waals surface area contributed by atoms with Crippen molar-refractivity contribution in [1.29, 1.82) is 0 Å². The SMILES string of the molecule is CC(C)C[C@@H](N)c1nc(C(C)(C)c2ccc(F)cc2)no1. The van der Waals surface area contributed by atoms with E-state index in [4.69, 9.17) is 10.3 Å². The number of nitrogens with two attached hydrogens (primary N) is 1. The molecule has 0 saturated carbocycles. The van der Waals surface area contributed by atoms with Crippen LogP contribution in [0.5, 0.6) is 0 Å². The van der Waals surface area contributed by atoms with E-state index in [0.717, 1.165) is 12.0 Å². The Morgan fingerprint density at radius 1 is 1.24 bits per heavy atom. The van der Waals surface area contributed by atoms with E-state index in [1.165, 1.54) is 12.1 Å². The summed E-state index contributed by atoms with van der Waals surface area (Å²) in [5, 5.41) is 4.06. The van der Waals surface area contributed by atoms with Crippen LogP contribution in [-0.4, -0.2) is 10.1 Å². The minimum atomic E-state index is -0.465. The number of benzene rings is 1. The zero-order chi connectivity index (χ0) is 15.6. The van der Waals surface area contributed by atoms with Gasteiger partial charge >= 0.3 is 0 Å². The molecule has 0 aliphatic heterocycles. The molecule has 21 heavy (non-hydrogen) atoms. The first kappa shape index (κ1) is 15.6. The van der Waals surface area contributed by atoms with Gasteiger partial charge in [0, 0.05) is 0 Å². The normalized spacial score (nSPS) is 13.7. The summed E-state index contributed by atoms with van der Waals surface area (Å²) >= 11 is 0. The molecule has 0 radical (unpaired) electrons. The molecule has 0 aliphatic carbocycles. The standard InChI is InChI=1S/C16H22FN3O/c1-10(2)9-13(18)14-19-15(20-21-14)16(3,4)11-5-7-12(17)8-6-11/h5-8,10,13H,9,18H2,1-4H3/t13-/m1/s1. The molecule has 0 unspecified atom stereocenters. The van der Waals surface area contributed by atoms with E-state index in [-0.39, 0.29) is 11.9 Å². The maximum Gasteiger partial charge on any atom is 0.243 e. The number of hydrogen-bond acceptors (Lipinski definition) is 4. The number of aromatic nitrogens is 2. The second-order valence-electron chi connectivity index (χ2n) is 6.32. The van der Waals surface area contributed by atoms with Crippen molar-refractivity contribution < 1.29 is 8.91 Å². The number of halogens is 1. The molecule has 0 saturated heterocycles. The van der Waals surface area contributed by atoms with Crippen LogP contribution in [0.3, 0.4) is 0 Å². The van der Waals surface area contributed by atoms with Crippen molar-refractivity contribution in [3.05, 3.63) is 47.4 Å². The van der Waals surface area contributed by atoms with Gasteiger partial charge in [0.2, 0.25) is 5.89 Å². The van der Waals surface area contributed by atoms with Gasteiger partial charge in [-0.15, -0.1) is 0 Å². The van der Waals surface area contributed by atoms with Gasteiger partial charge in [0.15, 0.2) is 5.82 Å². The highest BCUT2D eigenvalue weighted by Gasteiger charge is 2.30. The number of rotatable bonds is 5. The highest BCUT2D eigenvalue weighted by atomic mass is 19.1. The molecule has 0 amide bonds. The van der Waals surface area contributed by atoms with Gasteiger partial charge in [-0.3, -0.25) is 0 Å². The van der Waals surface area contributed by atoms with Crippen LogP contribution in [0.25, 0.3) is 0 Å². The largest absolute Gasteiger partial charge is 0.338 e. The molecule has 1 aromatic heterocycles. The summed E-state index contributed by atoms with van der Waals surface area (Å²) in [4.78, 5) is 4.44. The van der Waals surface area contributed by atoms with Crippen molar-refractivity contribution in [2.45, 2.75) is 45.6 Å². The summed E-state index contributed by atoms with van der Waals surface area (Å²) in [6.07, 6.45) is 0.790. The zero-order valence-corrected chi connectivity index (χ0v) is 12.9. The molecule has 5 heteroatoms. The Balaban J connectivity index is 2.25. The fourth-order valence-electron chi connectivity index (χ4n) is 2.24. The average Bonchev–Trinajstić information content (AvgIpc) is 2.88. The lowest BCUT2D eigenvalue weighted by Crippen LogP contribution is -2.21. The zero-order valence-electron chi connectivity index (χ0n) is 12.9. The molecule has 2 aromatic rings. The number of nitrogens with zero attached hydrogens (tertiary/aromatic N) is 2. The Kier molecular flexibility index (Phi) is 4.42. The third-order valence-corrected chi connectivity index (χ3v) is 3.61. The van der Waals surface area contributed by atoms with Gasteiger partial charge in [-0.1, -0.05) is 31.1 Å². The topological polar surface area (TPSA) is 64.9 Å². The molecule has 1 aromatic carbocycles. The van der Waals surface area contributed by atoms with Crippen LogP contribution < -0.4 is 5.73 Å². The molecule has 4 nitrogen and oxygen atoms in total. The van der Waals surface area contributed by atoms with E-state index in [9.17, 15) is 4.39 Å². The molecule has 1 heterocycles. The minimum absolute atomic E-state index is 0.254. The third-order valence-electron chi connectivity index (χ3n) is 3.61. The fraction of sp³-hybridized carbons (Fsp3) is 0.500.